The van der Waals surface area contributed by atoms with Gasteiger partial charge < -0.3 is 0 Å². The lowest BCUT2D eigenvalue weighted by molar-refractivity contribution is -0.384. The van der Waals surface area contributed by atoms with E-state index in [-0.39, 0.29) is 10.6 Å². The van der Waals surface area contributed by atoms with Gasteiger partial charge in [-0.05, 0) is 61.9 Å². The molecule has 0 aliphatic rings. The lowest BCUT2D eigenvalue weighted by Crippen LogP contribution is -2.39. The number of hydrogen-bond acceptors (Lipinski definition) is 6. The zero-order chi connectivity index (χ0) is 24.9. The molecule has 0 saturated heterocycles. The summed E-state index contributed by atoms with van der Waals surface area (Å²) >= 11 is 3.33. The number of rotatable bonds is 8. The van der Waals surface area contributed by atoms with Crippen molar-refractivity contribution in [2.75, 3.05) is 10.8 Å². The second-order valence-electron chi connectivity index (χ2n) is 7.34. The molecule has 0 aromatic heterocycles. The normalized spacial score (nSPS) is 11.7. The molecule has 176 valence electrons. The monoisotopic (exact) mass is 544 g/mol. The predicted octanol–water partition coefficient (Wildman–Crippen LogP) is 4.40. The summed E-state index contributed by atoms with van der Waals surface area (Å²) in [5.74, 6) is -0.656. The van der Waals surface area contributed by atoms with Gasteiger partial charge in [0.2, 0.25) is 0 Å². The van der Waals surface area contributed by atoms with Gasteiger partial charge in [-0.25, -0.2) is 13.8 Å². The third-order valence-electron chi connectivity index (χ3n) is 4.84. The van der Waals surface area contributed by atoms with Crippen molar-refractivity contribution in [3.8, 4) is 0 Å². The van der Waals surface area contributed by atoms with Crippen LogP contribution >= 0.6 is 15.9 Å². The van der Waals surface area contributed by atoms with Gasteiger partial charge in [0.1, 0.15) is 6.54 Å². The number of carbonyl (C=O) groups excluding carboxylic acids is 1. The van der Waals surface area contributed by atoms with Crippen LogP contribution in [0.25, 0.3) is 0 Å². The number of nitrogens with one attached hydrogen (secondary N) is 1. The molecule has 0 aliphatic carbocycles. The third-order valence-corrected chi connectivity index (χ3v) is 7.12. The summed E-state index contributed by atoms with van der Waals surface area (Å²) in [7, 11) is -4.05. The molecule has 3 aromatic carbocycles. The number of halogens is 1. The third kappa shape index (κ3) is 6.06. The Bertz CT molecular complexity index is 1340. The maximum absolute atomic E-state index is 13.4. The molecule has 34 heavy (non-hydrogen) atoms. The lowest BCUT2D eigenvalue weighted by Gasteiger charge is -2.24. The van der Waals surface area contributed by atoms with E-state index in [0.29, 0.717) is 21.4 Å². The summed E-state index contributed by atoms with van der Waals surface area (Å²) in [5, 5.41) is 14.8. The summed E-state index contributed by atoms with van der Waals surface area (Å²) in [6.45, 7) is 2.96. The Morgan fingerprint density at radius 3 is 2.32 bits per heavy atom. The van der Waals surface area contributed by atoms with Crippen LogP contribution in [-0.4, -0.2) is 31.5 Å². The molecule has 0 unspecified atom stereocenters. The first-order chi connectivity index (χ1) is 16.1. The zero-order valence-electron chi connectivity index (χ0n) is 18.3. The van der Waals surface area contributed by atoms with Gasteiger partial charge in [-0.2, -0.15) is 5.10 Å². The molecule has 11 heteroatoms. The number of hydrogen-bond donors (Lipinski definition) is 1. The Morgan fingerprint density at radius 1 is 1.09 bits per heavy atom. The Morgan fingerprint density at radius 2 is 1.74 bits per heavy atom. The van der Waals surface area contributed by atoms with E-state index in [2.05, 4.69) is 26.5 Å². The van der Waals surface area contributed by atoms with Crippen molar-refractivity contribution in [1.82, 2.24) is 5.43 Å². The van der Waals surface area contributed by atoms with E-state index in [1.165, 1.54) is 36.4 Å². The van der Waals surface area contributed by atoms with Crippen molar-refractivity contribution in [3.05, 3.63) is 98.5 Å². The number of anilines is 1. The first kappa shape index (κ1) is 25.1. The molecule has 0 radical (unpaired) electrons. The number of non-ortho nitro benzene ring substituents is 1. The fourth-order valence-electron chi connectivity index (χ4n) is 2.98. The van der Waals surface area contributed by atoms with Crippen LogP contribution in [0.4, 0.5) is 11.4 Å². The average molecular weight is 545 g/mol. The summed E-state index contributed by atoms with van der Waals surface area (Å²) in [6, 6.07) is 18.7. The molecule has 3 rings (SSSR count). The quantitative estimate of drug-likeness (QED) is 0.256. The van der Waals surface area contributed by atoms with Gasteiger partial charge >= 0.3 is 0 Å². The van der Waals surface area contributed by atoms with E-state index in [1.54, 1.807) is 43.3 Å². The van der Waals surface area contributed by atoms with Gasteiger partial charge in [0.05, 0.1) is 21.2 Å². The number of carbonyl (C=O) groups is 1. The van der Waals surface area contributed by atoms with Crippen molar-refractivity contribution in [2.24, 2.45) is 5.10 Å². The molecule has 0 heterocycles. The first-order valence-electron chi connectivity index (χ1n) is 10.0. The number of amides is 1. The predicted molar refractivity (Wildman–Crippen MR) is 133 cm³/mol. The minimum absolute atomic E-state index is 0.0523. The summed E-state index contributed by atoms with van der Waals surface area (Å²) in [6.07, 6.45) is 0. The Hall–Kier alpha value is -3.57. The summed E-state index contributed by atoms with van der Waals surface area (Å²) < 4.78 is 28.4. The van der Waals surface area contributed by atoms with Crippen LogP contribution in [-0.2, 0) is 14.8 Å². The molecular formula is C23H21BrN4O5S. The molecule has 0 aliphatic heterocycles. The minimum Gasteiger partial charge on any atom is -0.271 e. The van der Waals surface area contributed by atoms with Crippen molar-refractivity contribution < 1.29 is 18.1 Å². The van der Waals surface area contributed by atoms with E-state index < -0.39 is 27.4 Å². The highest BCUT2D eigenvalue weighted by Gasteiger charge is 2.27. The van der Waals surface area contributed by atoms with Crippen LogP contribution in [0.3, 0.4) is 0 Å². The molecule has 1 N–H and O–H groups in total. The van der Waals surface area contributed by atoms with E-state index in [0.717, 1.165) is 9.87 Å². The van der Waals surface area contributed by atoms with Gasteiger partial charge in [0.25, 0.3) is 21.6 Å². The fourth-order valence-corrected chi connectivity index (χ4v) is 4.78. The van der Waals surface area contributed by atoms with E-state index in [4.69, 9.17) is 0 Å². The lowest BCUT2D eigenvalue weighted by atomic mass is 10.1. The standard InChI is InChI=1S/C23H21BrN4O5S/c1-16-6-12-22(13-7-16)34(32,33)27(21-5-3-4-19(24)14-21)15-23(29)26-25-17(2)18-8-10-20(11-9-18)28(30)31/h3-14H,15H2,1-2H3,(H,26,29)/b25-17-. The summed E-state index contributed by atoms with van der Waals surface area (Å²) in [4.78, 5) is 23.0. The Balaban J connectivity index is 1.84. The largest absolute Gasteiger partial charge is 0.271 e. The Labute approximate surface area is 205 Å². The molecule has 1 amide bonds. The molecule has 9 nitrogen and oxygen atoms in total. The van der Waals surface area contributed by atoms with E-state index in [9.17, 15) is 23.3 Å². The van der Waals surface area contributed by atoms with Crippen LogP contribution in [0.1, 0.15) is 18.1 Å². The molecule has 0 saturated carbocycles. The molecule has 0 spiro atoms. The Kier molecular flexibility index (Phi) is 7.79. The van der Waals surface area contributed by atoms with E-state index in [1.807, 2.05) is 6.92 Å². The van der Waals surface area contributed by atoms with Crippen LogP contribution in [0, 0.1) is 17.0 Å². The van der Waals surface area contributed by atoms with Gasteiger partial charge in [-0.15, -0.1) is 0 Å². The van der Waals surface area contributed by atoms with Gasteiger partial charge in [0, 0.05) is 16.6 Å². The maximum atomic E-state index is 13.4. The van der Waals surface area contributed by atoms with Crippen LogP contribution < -0.4 is 9.73 Å². The van der Waals surface area contributed by atoms with Gasteiger partial charge in [0.15, 0.2) is 0 Å². The number of benzene rings is 3. The van der Waals surface area contributed by atoms with Crippen LogP contribution in [0.5, 0.6) is 0 Å². The van der Waals surface area contributed by atoms with E-state index >= 15 is 0 Å². The topological polar surface area (TPSA) is 122 Å². The number of nitro groups is 1. The number of hydrazone groups is 1. The summed E-state index contributed by atoms with van der Waals surface area (Å²) in [5.41, 5.74) is 4.48. The van der Waals surface area contributed by atoms with Crippen LogP contribution in [0.2, 0.25) is 0 Å². The SMILES string of the molecule is C/C(=N/NC(=O)CN(c1cccc(Br)c1)S(=O)(=O)c1ccc(C)cc1)c1ccc([N+](=O)[O-])cc1. The highest BCUT2D eigenvalue weighted by atomic mass is 79.9. The average Bonchev–Trinajstić information content (AvgIpc) is 2.81. The maximum Gasteiger partial charge on any atom is 0.269 e. The molecule has 0 fully saturated rings. The number of nitro benzene ring substituents is 1. The van der Waals surface area contributed by atoms with Crippen molar-refractivity contribution in [2.45, 2.75) is 18.7 Å². The second-order valence-corrected chi connectivity index (χ2v) is 10.1. The van der Waals surface area contributed by atoms with Gasteiger partial charge in [-0.1, -0.05) is 39.7 Å². The number of nitrogens with zero attached hydrogens (tertiary/aromatic N) is 3. The molecule has 3 aromatic rings. The smallest absolute Gasteiger partial charge is 0.269 e. The number of sulfonamides is 1. The van der Waals surface area contributed by atoms with Crippen molar-refractivity contribution in [1.29, 1.82) is 0 Å². The zero-order valence-corrected chi connectivity index (χ0v) is 20.7. The van der Waals surface area contributed by atoms with Gasteiger partial charge in [-0.3, -0.25) is 19.2 Å². The molecular weight excluding hydrogens is 524 g/mol. The van der Waals surface area contributed by atoms with Crippen LogP contribution in [0.15, 0.2) is 87.3 Å². The first-order valence-corrected chi connectivity index (χ1v) is 12.2. The second kappa shape index (κ2) is 10.6. The van der Waals surface area contributed by atoms with Crippen molar-refractivity contribution >= 4 is 48.9 Å². The minimum atomic E-state index is -4.05. The van der Waals surface area contributed by atoms with Crippen molar-refractivity contribution in [3.63, 3.8) is 0 Å². The highest BCUT2D eigenvalue weighted by molar-refractivity contribution is 9.10. The molecule has 0 atom stereocenters. The molecule has 0 bridgehead atoms. The number of aryl methyl sites for hydroxylation is 1. The highest BCUT2D eigenvalue weighted by Crippen LogP contribution is 2.26. The fraction of sp³-hybridized carbons (Fsp3) is 0.130.